The second-order valence-electron chi connectivity index (χ2n) is 7.94. The van der Waals surface area contributed by atoms with E-state index in [9.17, 15) is 0 Å². The van der Waals surface area contributed by atoms with Crippen LogP contribution in [0.2, 0.25) is 0 Å². The summed E-state index contributed by atoms with van der Waals surface area (Å²) >= 11 is 0. The van der Waals surface area contributed by atoms with Crippen molar-refractivity contribution < 1.29 is 0 Å². The summed E-state index contributed by atoms with van der Waals surface area (Å²) in [6.45, 7) is 2.18. The van der Waals surface area contributed by atoms with Gasteiger partial charge in [-0.05, 0) is 52.4 Å². The van der Waals surface area contributed by atoms with E-state index in [1.54, 1.807) is 0 Å². The van der Waals surface area contributed by atoms with Crippen LogP contribution in [0, 0.1) is 6.92 Å². The minimum absolute atomic E-state index is 0.265. The number of rotatable bonds is 0. The molecule has 2 aliphatic rings. The first-order valence-corrected chi connectivity index (χ1v) is 9.86. The maximum Gasteiger partial charge on any atom is 0.0754 e. The maximum absolute atomic E-state index is 2.35. The zero-order chi connectivity index (χ0) is 18.9. The average Bonchev–Trinajstić information content (AvgIpc) is 3.03. The van der Waals surface area contributed by atoms with Crippen LogP contribution in [0.25, 0.3) is 11.1 Å². The molecule has 0 saturated heterocycles. The van der Waals surface area contributed by atoms with Gasteiger partial charge in [-0.1, -0.05) is 84.4 Å². The van der Waals surface area contributed by atoms with E-state index in [0.717, 1.165) is 0 Å². The van der Waals surface area contributed by atoms with E-state index >= 15 is 0 Å². The fourth-order valence-electron chi connectivity index (χ4n) is 5.42. The molecule has 1 nitrogen and oxygen atoms in total. The van der Waals surface area contributed by atoms with E-state index in [4.69, 9.17) is 0 Å². The van der Waals surface area contributed by atoms with Crippen LogP contribution in [0.5, 0.6) is 0 Å². The number of hydrogen-bond acceptors (Lipinski definition) is 1. The van der Waals surface area contributed by atoms with Crippen molar-refractivity contribution in [1.82, 2.24) is 0 Å². The third-order valence-corrected chi connectivity index (χ3v) is 6.54. The molecule has 0 fully saturated rings. The molecule has 1 spiro atoms. The molecule has 0 N–H and O–H groups in total. The van der Waals surface area contributed by atoms with Crippen LogP contribution in [0.4, 0.5) is 11.4 Å². The van der Waals surface area contributed by atoms with Gasteiger partial charge in [-0.15, -0.1) is 0 Å². The van der Waals surface area contributed by atoms with E-state index in [2.05, 4.69) is 110 Å². The second-order valence-corrected chi connectivity index (χ2v) is 7.94. The van der Waals surface area contributed by atoms with Gasteiger partial charge in [-0.3, -0.25) is 0 Å². The van der Waals surface area contributed by atoms with E-state index in [0.29, 0.717) is 0 Å². The Balaban J connectivity index is 1.86. The molecule has 0 aromatic heterocycles. The van der Waals surface area contributed by atoms with Crippen LogP contribution in [-0.4, -0.2) is 7.05 Å². The molecule has 6 rings (SSSR count). The van der Waals surface area contributed by atoms with Gasteiger partial charge in [0.1, 0.15) is 0 Å². The van der Waals surface area contributed by atoms with Crippen molar-refractivity contribution >= 4 is 11.4 Å². The number of fused-ring (bicyclic) bond motifs is 9. The minimum Gasteiger partial charge on any atom is -0.344 e. The van der Waals surface area contributed by atoms with E-state index in [1.807, 2.05) is 0 Å². The highest BCUT2D eigenvalue weighted by atomic mass is 15.1. The average molecular weight is 359 g/mol. The van der Waals surface area contributed by atoms with Gasteiger partial charge in [0.05, 0.1) is 5.41 Å². The van der Waals surface area contributed by atoms with Crippen LogP contribution < -0.4 is 4.90 Å². The molecule has 4 aromatic carbocycles. The van der Waals surface area contributed by atoms with E-state index in [1.165, 1.54) is 50.3 Å². The highest BCUT2D eigenvalue weighted by Gasteiger charge is 2.50. The summed E-state index contributed by atoms with van der Waals surface area (Å²) in [6.07, 6.45) is 0. The highest BCUT2D eigenvalue weighted by Crippen LogP contribution is 2.61. The first-order chi connectivity index (χ1) is 13.7. The Morgan fingerprint density at radius 2 is 1.11 bits per heavy atom. The molecule has 28 heavy (non-hydrogen) atoms. The van der Waals surface area contributed by atoms with Crippen molar-refractivity contribution in [2.45, 2.75) is 12.3 Å². The van der Waals surface area contributed by atoms with Gasteiger partial charge >= 0.3 is 0 Å². The van der Waals surface area contributed by atoms with E-state index < -0.39 is 0 Å². The lowest BCUT2D eigenvalue weighted by Crippen LogP contribution is -2.36. The number of benzene rings is 4. The standard InChI is InChI=1S/C27H21N/c1-18-15-16-22-20(17-18)19-9-3-4-10-21(19)27(22)23-11-5-7-13-25(23)28(2)26-14-8-6-12-24(26)27/h3-17H,1-2H3. The maximum atomic E-state index is 2.35. The summed E-state index contributed by atoms with van der Waals surface area (Å²) < 4.78 is 0. The largest absolute Gasteiger partial charge is 0.344 e. The van der Waals surface area contributed by atoms with Gasteiger partial charge in [0.15, 0.2) is 0 Å². The smallest absolute Gasteiger partial charge is 0.0754 e. The normalized spacial score (nSPS) is 15.0. The third kappa shape index (κ3) is 1.72. The zero-order valence-corrected chi connectivity index (χ0v) is 16.1. The van der Waals surface area contributed by atoms with Crippen LogP contribution >= 0.6 is 0 Å². The van der Waals surface area contributed by atoms with Gasteiger partial charge in [-0.2, -0.15) is 0 Å². The SMILES string of the molecule is Cc1ccc2c(c1)-c1ccccc1C21c2ccccc2N(C)c2ccccc21. The monoisotopic (exact) mass is 359 g/mol. The molecule has 1 heterocycles. The number of aryl methyl sites for hydroxylation is 1. The summed E-state index contributed by atoms with van der Waals surface area (Å²) in [6, 6.07) is 33.7. The lowest BCUT2D eigenvalue weighted by Gasteiger charge is -2.43. The molecule has 0 amide bonds. The molecule has 0 atom stereocenters. The molecule has 0 bridgehead atoms. The Labute approximate surface area is 165 Å². The molecule has 134 valence electrons. The van der Waals surface area contributed by atoms with Gasteiger partial charge in [-0.25, -0.2) is 0 Å². The molecule has 1 heteroatoms. The number of nitrogens with zero attached hydrogens (tertiary/aromatic N) is 1. The first-order valence-electron chi connectivity index (χ1n) is 9.86. The molecule has 0 saturated carbocycles. The molecule has 0 radical (unpaired) electrons. The summed E-state index contributed by atoms with van der Waals surface area (Å²) in [5, 5.41) is 0. The van der Waals surface area contributed by atoms with Crippen molar-refractivity contribution in [2.75, 3.05) is 11.9 Å². The van der Waals surface area contributed by atoms with Gasteiger partial charge < -0.3 is 4.90 Å². The quantitative estimate of drug-likeness (QED) is 0.307. The number of hydrogen-bond donors (Lipinski definition) is 0. The predicted molar refractivity (Wildman–Crippen MR) is 117 cm³/mol. The second kappa shape index (κ2) is 5.36. The van der Waals surface area contributed by atoms with Crippen molar-refractivity contribution in [2.24, 2.45) is 0 Å². The van der Waals surface area contributed by atoms with Gasteiger partial charge in [0, 0.05) is 18.4 Å². The minimum atomic E-state index is -0.265. The predicted octanol–water partition coefficient (Wildman–Crippen LogP) is 6.44. The summed E-state index contributed by atoms with van der Waals surface area (Å²) in [7, 11) is 2.18. The number of para-hydroxylation sites is 2. The van der Waals surface area contributed by atoms with Crippen LogP contribution in [0.3, 0.4) is 0 Å². The van der Waals surface area contributed by atoms with E-state index in [-0.39, 0.29) is 5.41 Å². The summed E-state index contributed by atoms with van der Waals surface area (Å²) in [4.78, 5) is 2.34. The van der Waals surface area contributed by atoms with Gasteiger partial charge in [0.2, 0.25) is 0 Å². The summed E-state index contributed by atoms with van der Waals surface area (Å²) in [5.41, 5.74) is 11.8. The Kier molecular flexibility index (Phi) is 3.01. The molecule has 1 aliphatic heterocycles. The lowest BCUT2D eigenvalue weighted by atomic mass is 9.65. The third-order valence-electron chi connectivity index (χ3n) is 6.54. The molecular formula is C27H21N. The zero-order valence-electron chi connectivity index (χ0n) is 16.1. The van der Waals surface area contributed by atoms with Gasteiger partial charge in [0.25, 0.3) is 0 Å². The summed E-state index contributed by atoms with van der Waals surface area (Å²) in [5.74, 6) is 0. The lowest BCUT2D eigenvalue weighted by molar-refractivity contribution is 0.748. The molecule has 0 unspecified atom stereocenters. The fraction of sp³-hybridized carbons (Fsp3) is 0.111. The topological polar surface area (TPSA) is 3.24 Å². The van der Waals surface area contributed by atoms with Crippen LogP contribution in [-0.2, 0) is 5.41 Å². The van der Waals surface area contributed by atoms with Crippen molar-refractivity contribution in [3.05, 3.63) is 119 Å². The molecular weight excluding hydrogens is 338 g/mol. The van der Waals surface area contributed by atoms with Crippen molar-refractivity contribution in [1.29, 1.82) is 0 Å². The van der Waals surface area contributed by atoms with Crippen LogP contribution in [0.1, 0.15) is 27.8 Å². The Hall–Kier alpha value is -3.32. The highest BCUT2D eigenvalue weighted by molar-refractivity contribution is 5.93. The first kappa shape index (κ1) is 15.7. The van der Waals surface area contributed by atoms with Crippen molar-refractivity contribution in [3.8, 4) is 11.1 Å². The van der Waals surface area contributed by atoms with Crippen LogP contribution in [0.15, 0.2) is 91.0 Å². The molecule has 1 aliphatic carbocycles. The van der Waals surface area contributed by atoms with Crippen molar-refractivity contribution in [3.63, 3.8) is 0 Å². The molecule has 4 aromatic rings. The fourth-order valence-corrected chi connectivity index (χ4v) is 5.42. The Morgan fingerprint density at radius 3 is 1.79 bits per heavy atom. The number of anilines is 2. The Morgan fingerprint density at radius 1 is 0.571 bits per heavy atom. The Bertz CT molecular complexity index is 1200.